The van der Waals surface area contributed by atoms with Crippen molar-refractivity contribution in [3.05, 3.63) is 46.5 Å². The minimum atomic E-state index is -2.53. The molecule has 3 aromatic rings. The molecule has 0 saturated carbocycles. The van der Waals surface area contributed by atoms with Crippen LogP contribution in [0.4, 0.5) is 0 Å². The molecular formula is C30H60ClN3O4Si4. The number of aromatic hydroxyl groups is 1. The van der Waals surface area contributed by atoms with E-state index in [1.54, 1.807) is 12.1 Å². The molecule has 1 aromatic heterocycles. The zero-order chi connectivity index (χ0) is 28.7. The monoisotopic (exact) mass is 673 g/mol. The number of halogens is 1. The van der Waals surface area contributed by atoms with Crippen LogP contribution in [0.2, 0.25) is 63.4 Å². The summed E-state index contributed by atoms with van der Waals surface area (Å²) in [4.78, 5) is 1.51. The quantitative estimate of drug-likeness (QED) is 0.216. The lowest BCUT2D eigenvalue weighted by molar-refractivity contribution is 0.343. The number of hydrogen-bond acceptors (Lipinski definition) is 6. The zero-order valence-electron chi connectivity index (χ0n) is 24.8. The third-order valence-electron chi connectivity index (χ3n) is 5.84. The van der Waals surface area contributed by atoms with Gasteiger partial charge in [0.25, 0.3) is 9.28 Å². The van der Waals surface area contributed by atoms with Gasteiger partial charge in [-0.15, -0.1) is 15.0 Å². The highest BCUT2D eigenvalue weighted by molar-refractivity contribution is 6.85. The Morgan fingerprint density at radius 2 is 1.43 bits per heavy atom. The van der Waals surface area contributed by atoms with Crippen molar-refractivity contribution < 1.29 is 17.5 Å². The van der Waals surface area contributed by atoms with E-state index in [2.05, 4.69) is 89.4 Å². The average Bonchev–Trinajstić information content (AvgIpc) is 3.12. The highest BCUT2D eigenvalue weighted by Crippen LogP contribution is 2.37. The van der Waals surface area contributed by atoms with Crippen LogP contribution in [0, 0.1) is 0 Å². The van der Waals surface area contributed by atoms with Gasteiger partial charge in [-0.05, 0) is 100 Å². The maximum Gasteiger partial charge on any atom is 0.316 e. The van der Waals surface area contributed by atoms with Gasteiger partial charge in [-0.3, -0.25) is 0 Å². The smallest absolute Gasteiger partial charge is 0.316 e. The number of aryl methyl sites for hydroxylation is 1. The van der Waals surface area contributed by atoms with Crippen LogP contribution in [0.5, 0.6) is 5.75 Å². The van der Waals surface area contributed by atoms with E-state index in [1.165, 1.54) is 4.80 Å². The molecule has 0 aliphatic rings. The molecule has 0 aliphatic carbocycles. The molecule has 1 heterocycles. The van der Waals surface area contributed by atoms with E-state index in [9.17, 15) is 5.11 Å². The molecular weight excluding hydrogens is 614 g/mol. The average molecular weight is 675 g/mol. The normalized spacial score (nSPS) is 14.1. The highest BCUT2D eigenvalue weighted by atomic mass is 35.5. The molecule has 42 heavy (non-hydrogen) atoms. The summed E-state index contributed by atoms with van der Waals surface area (Å²) in [5.74, 6) is 0.187. The van der Waals surface area contributed by atoms with Crippen LogP contribution >= 0.6 is 11.6 Å². The second-order valence-electron chi connectivity index (χ2n) is 13.1. The van der Waals surface area contributed by atoms with Crippen LogP contribution in [-0.2, 0) is 24.2 Å². The first-order valence-electron chi connectivity index (χ1n) is 13.2. The van der Waals surface area contributed by atoms with Crippen molar-refractivity contribution in [3.8, 4) is 11.4 Å². The lowest BCUT2D eigenvalue weighted by Gasteiger charge is -2.37. The molecule has 0 radical (unpaired) electrons. The predicted molar refractivity (Wildman–Crippen MR) is 194 cm³/mol. The molecule has 2 atom stereocenters. The van der Waals surface area contributed by atoms with Crippen molar-refractivity contribution in [2.75, 3.05) is 0 Å². The van der Waals surface area contributed by atoms with Gasteiger partial charge in [-0.1, -0.05) is 68.1 Å². The fourth-order valence-electron chi connectivity index (χ4n) is 4.57. The van der Waals surface area contributed by atoms with Crippen LogP contribution in [0.3, 0.4) is 0 Å². The van der Waals surface area contributed by atoms with Crippen molar-refractivity contribution in [1.29, 1.82) is 0 Å². The van der Waals surface area contributed by atoms with Gasteiger partial charge in [-0.25, -0.2) is 0 Å². The van der Waals surface area contributed by atoms with Crippen molar-refractivity contribution in [1.82, 2.24) is 15.0 Å². The third-order valence-corrected chi connectivity index (χ3v) is 18.9. The number of nitrogens with zero attached hydrogens (tertiary/aromatic N) is 3. The first-order valence-corrected chi connectivity index (χ1v) is 25.0. The summed E-state index contributed by atoms with van der Waals surface area (Å²) < 4.78 is 19.8. The zero-order valence-corrected chi connectivity index (χ0v) is 29.7. The molecule has 2 unspecified atom stereocenters. The van der Waals surface area contributed by atoms with Crippen LogP contribution in [-0.4, -0.2) is 54.6 Å². The van der Waals surface area contributed by atoms with Crippen molar-refractivity contribution in [2.45, 2.75) is 121 Å². The summed E-state index contributed by atoms with van der Waals surface area (Å²) in [6.45, 7) is 23.8. The molecule has 0 bridgehead atoms. The number of rotatable bonds is 10. The molecule has 1 N–H and O–H groups in total. The minimum absolute atomic E-state index is 0. The fraction of sp³-hybridized carbons (Fsp3) is 0.600. The van der Waals surface area contributed by atoms with E-state index in [-0.39, 0.29) is 40.9 Å². The molecule has 0 amide bonds. The molecule has 3 rings (SSSR count). The molecule has 2 aromatic carbocycles. The lowest BCUT2D eigenvalue weighted by Crippen LogP contribution is -2.52. The first kappa shape index (κ1) is 42.8. The number of hydrogen-bond donors (Lipinski definition) is 1. The Bertz CT molecular complexity index is 1290. The third kappa shape index (κ3) is 12.0. The molecule has 0 spiro atoms. The van der Waals surface area contributed by atoms with E-state index >= 15 is 0 Å². The topological polar surface area (TPSA) is 78.6 Å². The maximum atomic E-state index is 11.3. The van der Waals surface area contributed by atoms with E-state index in [0.29, 0.717) is 16.2 Å². The van der Waals surface area contributed by atoms with Gasteiger partial charge >= 0.3 is 8.56 Å². The number of aromatic nitrogens is 3. The summed E-state index contributed by atoms with van der Waals surface area (Å²) in [5.41, 5.74) is 3.62. The van der Waals surface area contributed by atoms with Gasteiger partial charge in [0, 0.05) is 10.6 Å². The Morgan fingerprint density at radius 3 is 1.95 bits per heavy atom. The van der Waals surface area contributed by atoms with Gasteiger partial charge in [-0.2, -0.15) is 0 Å². The Kier molecular flexibility index (Phi) is 15.9. The van der Waals surface area contributed by atoms with Crippen LogP contribution in [0.15, 0.2) is 30.3 Å². The Morgan fingerprint density at radius 1 is 0.857 bits per heavy atom. The van der Waals surface area contributed by atoms with Crippen molar-refractivity contribution in [2.24, 2.45) is 0 Å². The summed E-state index contributed by atoms with van der Waals surface area (Å²) in [7, 11) is -7.93. The molecule has 0 fully saturated rings. The maximum absolute atomic E-state index is 11.3. The number of phenolic OH excluding ortho intramolecular Hbond substituents is 1. The number of fused-ring (bicyclic) bond motifs is 1. The summed E-state index contributed by atoms with van der Waals surface area (Å²) in [6.07, 6.45) is 0.754. The second-order valence-corrected chi connectivity index (χ2v) is 28.6. The Hall–Kier alpha value is -1.32. The summed E-state index contributed by atoms with van der Waals surface area (Å²) in [6, 6.07) is 10.3. The van der Waals surface area contributed by atoms with Crippen molar-refractivity contribution >= 4 is 57.1 Å². The molecule has 7 nitrogen and oxygen atoms in total. The molecule has 0 saturated heterocycles. The lowest BCUT2D eigenvalue weighted by atomic mass is 9.84. The largest absolute Gasteiger partial charge is 0.505 e. The van der Waals surface area contributed by atoms with Gasteiger partial charge in [0.15, 0.2) is 16.6 Å². The highest BCUT2D eigenvalue weighted by Gasteiger charge is 2.39. The summed E-state index contributed by atoms with van der Waals surface area (Å²) in [5, 5.41) is 21.2. The van der Waals surface area contributed by atoms with Gasteiger partial charge in [0.1, 0.15) is 22.5 Å². The van der Waals surface area contributed by atoms with Crippen LogP contribution in [0.1, 0.15) is 61.6 Å². The standard InChI is InChI=1S/C26H44ClN3O4Si4.4CH4/c1-26(2,3)21-16-19(14-15-38(11,34-37(8,9)10)33-35(4)32-36(5,6)7)17-24(25(21)31)30-28-22-13-12-20(27)18-23(22)29-30;;;;/h12-13,16-18,31,35H,14-15H2,1-11H3;4*1H4. The predicted octanol–water partition coefficient (Wildman–Crippen LogP) is 9.81. The second kappa shape index (κ2) is 15.6. The van der Waals surface area contributed by atoms with Gasteiger partial charge in [0.2, 0.25) is 0 Å². The Balaban J connectivity index is 0. The minimum Gasteiger partial charge on any atom is -0.505 e. The van der Waals surface area contributed by atoms with E-state index in [1.807, 2.05) is 12.1 Å². The summed E-state index contributed by atoms with van der Waals surface area (Å²) >= 11 is 6.17. The SMILES string of the molecule is C.C.C.C.C[SiH](O[Si](C)(C)C)O[Si](C)(CCc1cc(-n2nc3ccc(Cl)cc3n2)c(O)c(C(C)(C)C)c1)O[Si](C)(C)C. The van der Waals surface area contributed by atoms with Gasteiger partial charge < -0.3 is 17.5 Å². The van der Waals surface area contributed by atoms with Gasteiger partial charge in [0.05, 0.1) is 0 Å². The van der Waals surface area contributed by atoms with E-state index in [0.717, 1.165) is 29.1 Å². The van der Waals surface area contributed by atoms with Crippen LogP contribution in [0.25, 0.3) is 16.7 Å². The molecule has 242 valence electrons. The van der Waals surface area contributed by atoms with E-state index < -0.39 is 34.5 Å². The number of benzene rings is 2. The molecule has 0 aliphatic heterocycles. The molecule has 12 heteroatoms. The first-order chi connectivity index (χ1) is 17.2. The number of phenols is 1. The van der Waals surface area contributed by atoms with E-state index in [4.69, 9.17) is 23.9 Å². The van der Waals surface area contributed by atoms with Crippen molar-refractivity contribution in [3.63, 3.8) is 0 Å². The Labute approximate surface area is 267 Å². The van der Waals surface area contributed by atoms with Crippen LogP contribution < -0.4 is 0 Å². The fourth-order valence-corrected chi connectivity index (χ4v) is 19.6.